The fraction of sp³-hybridized carbons (Fsp3) is 0.378. The summed E-state index contributed by atoms with van der Waals surface area (Å²) in [7, 11) is -1.88. The Labute approximate surface area is 343 Å². The van der Waals surface area contributed by atoms with Gasteiger partial charge in [0.25, 0.3) is 17.7 Å². The van der Waals surface area contributed by atoms with E-state index in [1.807, 2.05) is 48.5 Å². The monoisotopic (exact) mass is 809 g/mol. The van der Waals surface area contributed by atoms with Gasteiger partial charge < -0.3 is 14.5 Å². The summed E-state index contributed by atoms with van der Waals surface area (Å²) in [4.78, 5) is 46.9. The highest BCUT2D eigenvalue weighted by molar-refractivity contribution is 7.83. The van der Waals surface area contributed by atoms with Gasteiger partial charge in [-0.05, 0) is 84.8 Å². The van der Waals surface area contributed by atoms with Crippen molar-refractivity contribution in [3.63, 3.8) is 0 Å². The average molecular weight is 810 g/mol. The van der Waals surface area contributed by atoms with Gasteiger partial charge >= 0.3 is 0 Å². The lowest BCUT2D eigenvalue weighted by molar-refractivity contribution is 0.0363. The molecular formula is C45H52ClN5O5S. The fourth-order valence-electron chi connectivity index (χ4n) is 7.13. The number of rotatable bonds is 17. The van der Waals surface area contributed by atoms with Crippen molar-refractivity contribution < 1.29 is 23.3 Å². The zero-order chi connectivity index (χ0) is 40.5. The molecule has 3 amide bonds. The van der Waals surface area contributed by atoms with Gasteiger partial charge in [0.2, 0.25) is 0 Å². The Balaban J connectivity index is 1.40. The molecule has 1 aliphatic rings. The highest BCUT2D eigenvalue weighted by Crippen LogP contribution is 2.31. The van der Waals surface area contributed by atoms with Gasteiger partial charge in [0.1, 0.15) is 0 Å². The number of benzene rings is 4. The Morgan fingerprint density at radius 1 is 0.877 bits per heavy atom. The molecule has 0 spiro atoms. The van der Waals surface area contributed by atoms with Crippen molar-refractivity contribution in [2.24, 2.45) is 0 Å². The van der Waals surface area contributed by atoms with Gasteiger partial charge in [-0.15, -0.1) is 0 Å². The first-order valence-corrected chi connectivity index (χ1v) is 21.5. The molecule has 57 heavy (non-hydrogen) atoms. The highest BCUT2D eigenvalue weighted by Gasteiger charge is 2.34. The topological polar surface area (TPSA) is 114 Å². The van der Waals surface area contributed by atoms with E-state index in [0.29, 0.717) is 55.5 Å². The molecular weight excluding hydrogens is 758 g/mol. The largest absolute Gasteiger partial charge is 0.379 e. The first kappa shape index (κ1) is 41.8. The van der Waals surface area contributed by atoms with Crippen molar-refractivity contribution in [1.29, 1.82) is 0 Å². The van der Waals surface area contributed by atoms with Crippen molar-refractivity contribution in [2.75, 3.05) is 26.3 Å². The average Bonchev–Trinajstić information content (AvgIpc) is 3.53. The Morgan fingerprint density at radius 3 is 2.28 bits per heavy atom. The lowest BCUT2D eigenvalue weighted by atomic mass is 9.93. The molecule has 1 N–H and O–H groups in total. The lowest BCUT2D eigenvalue weighted by Crippen LogP contribution is -2.47. The number of fused-ring (bicyclic) bond motifs is 2. The molecule has 4 aromatic carbocycles. The maximum atomic E-state index is 15.1. The van der Waals surface area contributed by atoms with Gasteiger partial charge in [-0.1, -0.05) is 106 Å². The molecule has 0 saturated heterocycles. The summed E-state index contributed by atoms with van der Waals surface area (Å²) in [6.07, 6.45) is 6.07. The number of amides is 3. The molecule has 12 heteroatoms. The van der Waals surface area contributed by atoms with Crippen molar-refractivity contribution in [3.05, 3.63) is 124 Å². The van der Waals surface area contributed by atoms with Crippen molar-refractivity contribution in [1.82, 2.24) is 24.3 Å². The van der Waals surface area contributed by atoms with Crippen LogP contribution in [0.25, 0.3) is 16.5 Å². The number of aromatic nitrogens is 2. The van der Waals surface area contributed by atoms with Crippen molar-refractivity contribution in [2.45, 2.75) is 90.1 Å². The minimum Gasteiger partial charge on any atom is -0.379 e. The number of carbonyl (C=O) groups is 3. The molecule has 6 rings (SSSR count). The number of hydrogen-bond acceptors (Lipinski definition) is 6. The molecule has 10 nitrogen and oxygen atoms in total. The molecule has 2 atom stereocenters. The minimum atomic E-state index is -1.88. The van der Waals surface area contributed by atoms with Crippen LogP contribution < -0.4 is 4.72 Å². The summed E-state index contributed by atoms with van der Waals surface area (Å²) in [6.45, 7) is 10.5. The standard InChI is InChI=1S/C45H52ClN5O5S/c1-5-8-23-49(24-9-6-2)45(54)42-41(46)31(4)51(47-42)40-22-20-35(43(52)48-57(55)38-21-19-32-15-11-12-17-34(32)27-38)28-39(40)44(53)50-29-36-18-14-13-16-33(36)26-37(50)30-56-25-10-7-3/h11-22,27-28,37H,5-10,23-26,29-30H2,1-4H3,(H,48,52)/t37-,57?/m0/s1. The first-order chi connectivity index (χ1) is 27.6. The van der Waals surface area contributed by atoms with Crippen LogP contribution in [0.5, 0.6) is 0 Å². The summed E-state index contributed by atoms with van der Waals surface area (Å²) in [5.74, 6) is -1.21. The van der Waals surface area contributed by atoms with Crippen LogP contribution >= 0.6 is 11.6 Å². The molecule has 1 aromatic heterocycles. The van der Waals surface area contributed by atoms with E-state index in [1.54, 1.807) is 41.0 Å². The van der Waals surface area contributed by atoms with Crippen LogP contribution in [-0.4, -0.2) is 73.9 Å². The molecule has 0 fully saturated rings. The highest BCUT2D eigenvalue weighted by atomic mass is 35.5. The van der Waals surface area contributed by atoms with E-state index >= 15 is 4.79 Å². The van der Waals surface area contributed by atoms with E-state index < -0.39 is 16.9 Å². The molecule has 5 aromatic rings. The quantitative estimate of drug-likeness (QED) is 0.0940. The third-order valence-electron chi connectivity index (χ3n) is 10.5. The molecule has 0 radical (unpaired) electrons. The fourth-order valence-corrected chi connectivity index (χ4v) is 8.16. The van der Waals surface area contributed by atoms with Gasteiger partial charge in [-0.3, -0.25) is 19.1 Å². The number of nitrogens with one attached hydrogen (secondary N) is 1. The van der Waals surface area contributed by atoms with E-state index in [0.717, 1.165) is 60.4 Å². The second kappa shape index (κ2) is 19.5. The number of unbranched alkanes of at least 4 members (excludes halogenated alkanes) is 3. The van der Waals surface area contributed by atoms with E-state index in [9.17, 15) is 13.8 Å². The van der Waals surface area contributed by atoms with Crippen LogP contribution in [0.3, 0.4) is 0 Å². The molecule has 300 valence electrons. The Kier molecular flexibility index (Phi) is 14.3. The van der Waals surface area contributed by atoms with Crippen LogP contribution in [0.15, 0.2) is 89.8 Å². The number of ether oxygens (including phenoxy) is 1. The normalized spacial score (nSPS) is 14.3. The third kappa shape index (κ3) is 9.66. The zero-order valence-electron chi connectivity index (χ0n) is 33.3. The van der Waals surface area contributed by atoms with Gasteiger partial charge in [-0.25, -0.2) is 8.89 Å². The number of nitrogens with zero attached hydrogens (tertiary/aromatic N) is 4. The maximum absolute atomic E-state index is 15.1. The van der Waals surface area contributed by atoms with Crippen LogP contribution in [0.2, 0.25) is 5.02 Å². The van der Waals surface area contributed by atoms with Gasteiger partial charge in [0, 0.05) is 31.8 Å². The minimum absolute atomic E-state index is 0.112. The molecule has 1 unspecified atom stereocenters. The summed E-state index contributed by atoms with van der Waals surface area (Å²) in [5, 5.41) is 6.86. The van der Waals surface area contributed by atoms with E-state index in [4.69, 9.17) is 21.4 Å². The second-order valence-corrected chi connectivity index (χ2v) is 16.2. The van der Waals surface area contributed by atoms with Crippen LogP contribution in [0, 0.1) is 6.92 Å². The summed E-state index contributed by atoms with van der Waals surface area (Å²) >= 11 is 6.91. The lowest BCUT2D eigenvalue weighted by Gasteiger charge is -2.37. The summed E-state index contributed by atoms with van der Waals surface area (Å²) < 4.78 is 23.8. The van der Waals surface area contributed by atoms with Crippen LogP contribution in [0.1, 0.15) is 107 Å². The van der Waals surface area contributed by atoms with Crippen LogP contribution in [-0.2, 0) is 28.7 Å². The van der Waals surface area contributed by atoms with E-state index in [1.165, 1.54) is 10.7 Å². The SMILES string of the molecule is CCCCOC[C@@H]1Cc2ccccc2CN1C(=O)c1cc(C(=O)NS(=O)c2ccc3ccccc3c2)ccc1-n1nc(C(=O)N(CCCC)CCCC)c(Cl)c1C. The van der Waals surface area contributed by atoms with Crippen LogP contribution in [0.4, 0.5) is 0 Å². The zero-order valence-corrected chi connectivity index (χ0v) is 34.8. The molecule has 0 bridgehead atoms. The van der Waals surface area contributed by atoms with Crippen molar-refractivity contribution >= 4 is 51.1 Å². The Hall–Kier alpha value is -4.84. The Bertz CT molecular complexity index is 2250. The Morgan fingerprint density at radius 2 is 1.56 bits per heavy atom. The molecule has 1 aliphatic heterocycles. The summed E-state index contributed by atoms with van der Waals surface area (Å²) in [5.41, 5.74) is 3.48. The summed E-state index contributed by atoms with van der Waals surface area (Å²) in [6, 6.07) is 25.6. The maximum Gasteiger partial charge on any atom is 0.275 e. The second-order valence-electron chi connectivity index (χ2n) is 14.6. The molecule has 0 aliphatic carbocycles. The van der Waals surface area contributed by atoms with Gasteiger partial charge in [-0.2, -0.15) is 5.10 Å². The van der Waals surface area contributed by atoms with Crippen molar-refractivity contribution in [3.8, 4) is 5.69 Å². The number of hydrogen-bond donors (Lipinski definition) is 1. The first-order valence-electron chi connectivity index (χ1n) is 20.0. The smallest absolute Gasteiger partial charge is 0.275 e. The number of halogens is 1. The molecule has 2 heterocycles. The third-order valence-corrected chi connectivity index (χ3v) is 12.0. The van der Waals surface area contributed by atoms with E-state index in [2.05, 4.69) is 31.6 Å². The predicted molar refractivity (Wildman–Crippen MR) is 226 cm³/mol. The van der Waals surface area contributed by atoms with E-state index in [-0.39, 0.29) is 39.7 Å². The number of carbonyl (C=O) groups excluding carboxylic acids is 3. The van der Waals surface area contributed by atoms with Gasteiger partial charge in [0.05, 0.1) is 39.5 Å². The molecule has 0 saturated carbocycles. The van der Waals surface area contributed by atoms with Gasteiger partial charge in [0.15, 0.2) is 16.7 Å². The predicted octanol–water partition coefficient (Wildman–Crippen LogP) is 8.87.